The average molecular weight is 327 g/mol. The van der Waals surface area contributed by atoms with E-state index in [1.165, 1.54) is 17.7 Å². The molecule has 1 aliphatic rings. The van der Waals surface area contributed by atoms with Crippen LogP contribution in [0.2, 0.25) is 0 Å². The molecule has 0 bridgehead atoms. The molecule has 24 heavy (non-hydrogen) atoms. The van der Waals surface area contributed by atoms with Crippen LogP contribution in [0.5, 0.6) is 0 Å². The van der Waals surface area contributed by atoms with E-state index >= 15 is 0 Å². The maximum Gasteiger partial charge on any atom is 0.280 e. The van der Waals surface area contributed by atoms with E-state index in [0.717, 1.165) is 30.1 Å². The van der Waals surface area contributed by atoms with Crippen molar-refractivity contribution >= 4 is 11.7 Å². The lowest BCUT2D eigenvalue weighted by molar-refractivity contribution is -0.878. The number of hydrogen-bond acceptors (Lipinski definition) is 3. The maximum absolute atomic E-state index is 12.4. The van der Waals surface area contributed by atoms with E-state index in [1.54, 1.807) is 6.26 Å². The van der Waals surface area contributed by atoms with Gasteiger partial charge in [0.1, 0.15) is 17.6 Å². The molecule has 2 N–H and O–H groups in total. The number of nitrogens with zero attached hydrogens (tertiary/aromatic N) is 2. The normalized spacial score (nSPS) is 14.7. The van der Waals surface area contributed by atoms with Gasteiger partial charge in [0, 0.05) is 18.5 Å². The van der Waals surface area contributed by atoms with Crippen LogP contribution < -0.4 is 10.2 Å². The number of rotatable bonds is 5. The molecule has 0 spiro atoms. The summed E-state index contributed by atoms with van der Waals surface area (Å²) in [4.78, 5) is 13.7. The van der Waals surface area contributed by atoms with Gasteiger partial charge in [-0.25, -0.2) is 0 Å². The predicted octanol–water partition coefficient (Wildman–Crippen LogP) is 1.24. The van der Waals surface area contributed by atoms with Gasteiger partial charge in [-0.3, -0.25) is 4.79 Å². The highest BCUT2D eigenvalue weighted by Crippen LogP contribution is 2.27. The molecule has 6 heteroatoms. The van der Waals surface area contributed by atoms with Gasteiger partial charge in [0.2, 0.25) is 0 Å². The Balaban J connectivity index is 1.85. The zero-order valence-electron chi connectivity index (χ0n) is 14.2. The number of likely N-dealkylation sites (tertiary alicyclic amines) is 1. The standard InChI is InChI=1S/C18H22N4O2/c1-13-14(2)22(11-15-6-5-9-24-15)18(16(13)10-19)20-17(23)12-21-7-3-4-8-21/h5-6,9H,3-4,7-8,11-12H2,1-2H3,(H,20,23)/p+1. The number of carbonyl (C=O) groups excluding carboxylic acids is 1. The molecule has 6 nitrogen and oxygen atoms in total. The van der Waals surface area contributed by atoms with Crippen LogP contribution in [0.25, 0.3) is 0 Å². The minimum Gasteiger partial charge on any atom is -0.467 e. The molecule has 0 saturated carbocycles. The summed E-state index contributed by atoms with van der Waals surface area (Å²) in [7, 11) is 0. The highest BCUT2D eigenvalue weighted by molar-refractivity contribution is 5.92. The molecule has 3 heterocycles. The van der Waals surface area contributed by atoms with Crippen molar-refractivity contribution in [3.05, 3.63) is 41.0 Å². The van der Waals surface area contributed by atoms with Gasteiger partial charge in [0.15, 0.2) is 6.54 Å². The van der Waals surface area contributed by atoms with Crippen molar-refractivity contribution in [1.82, 2.24) is 4.57 Å². The monoisotopic (exact) mass is 327 g/mol. The van der Waals surface area contributed by atoms with Crippen molar-refractivity contribution in [3.63, 3.8) is 0 Å². The van der Waals surface area contributed by atoms with E-state index in [-0.39, 0.29) is 5.91 Å². The van der Waals surface area contributed by atoms with Gasteiger partial charge in [0.05, 0.1) is 31.5 Å². The molecule has 0 radical (unpaired) electrons. The Bertz CT molecular complexity index is 762. The molecule has 1 fully saturated rings. The number of anilines is 1. The Morgan fingerprint density at radius 1 is 1.42 bits per heavy atom. The van der Waals surface area contributed by atoms with Crippen LogP contribution in [0, 0.1) is 25.2 Å². The van der Waals surface area contributed by atoms with Crippen molar-refractivity contribution < 1.29 is 14.1 Å². The molecule has 1 saturated heterocycles. The summed E-state index contributed by atoms with van der Waals surface area (Å²) >= 11 is 0. The lowest BCUT2D eigenvalue weighted by Gasteiger charge is -2.14. The third-order valence-electron chi connectivity index (χ3n) is 4.81. The van der Waals surface area contributed by atoms with Gasteiger partial charge in [-0.1, -0.05) is 0 Å². The number of nitriles is 1. The molecule has 0 aliphatic carbocycles. The van der Waals surface area contributed by atoms with Gasteiger partial charge >= 0.3 is 0 Å². The van der Waals surface area contributed by atoms with E-state index in [1.807, 2.05) is 30.5 Å². The lowest BCUT2D eigenvalue weighted by atomic mass is 10.2. The van der Waals surface area contributed by atoms with Crippen LogP contribution in [0.3, 0.4) is 0 Å². The predicted molar refractivity (Wildman–Crippen MR) is 89.9 cm³/mol. The van der Waals surface area contributed by atoms with Crippen LogP contribution >= 0.6 is 0 Å². The fraction of sp³-hybridized carbons (Fsp3) is 0.444. The molecule has 126 valence electrons. The average Bonchev–Trinajstić information content (AvgIpc) is 3.28. The smallest absolute Gasteiger partial charge is 0.280 e. The van der Waals surface area contributed by atoms with Crippen molar-refractivity contribution in [1.29, 1.82) is 5.26 Å². The van der Waals surface area contributed by atoms with Crippen molar-refractivity contribution in [2.75, 3.05) is 25.0 Å². The highest BCUT2D eigenvalue weighted by Gasteiger charge is 2.23. The molecule has 2 aromatic heterocycles. The first-order valence-corrected chi connectivity index (χ1v) is 8.35. The number of furan rings is 1. The van der Waals surface area contributed by atoms with Crippen LogP contribution in [-0.4, -0.2) is 30.1 Å². The van der Waals surface area contributed by atoms with E-state index in [4.69, 9.17) is 4.42 Å². The number of nitrogens with one attached hydrogen (secondary N) is 2. The SMILES string of the molecule is Cc1c(C#N)c(NC(=O)C[NH+]2CCCC2)n(Cc2ccco2)c1C. The molecular weight excluding hydrogens is 304 g/mol. The summed E-state index contributed by atoms with van der Waals surface area (Å²) < 4.78 is 7.37. The number of hydrogen-bond donors (Lipinski definition) is 2. The second-order valence-electron chi connectivity index (χ2n) is 6.39. The van der Waals surface area contributed by atoms with Gasteiger partial charge in [-0.15, -0.1) is 0 Å². The van der Waals surface area contributed by atoms with E-state index in [9.17, 15) is 10.1 Å². The zero-order chi connectivity index (χ0) is 17.1. The molecule has 3 rings (SSSR count). The number of quaternary nitrogens is 1. The van der Waals surface area contributed by atoms with Crippen LogP contribution in [0.15, 0.2) is 22.8 Å². The first kappa shape index (κ1) is 16.3. The van der Waals surface area contributed by atoms with E-state index in [0.29, 0.717) is 24.5 Å². The van der Waals surface area contributed by atoms with Crippen LogP contribution in [0.1, 0.15) is 35.4 Å². The summed E-state index contributed by atoms with van der Waals surface area (Å²) in [5.74, 6) is 1.33. The van der Waals surface area contributed by atoms with E-state index < -0.39 is 0 Å². The molecule has 0 aromatic carbocycles. The fourth-order valence-corrected chi connectivity index (χ4v) is 3.34. The Morgan fingerprint density at radius 3 is 2.79 bits per heavy atom. The third kappa shape index (κ3) is 3.22. The molecule has 1 amide bonds. The first-order chi connectivity index (χ1) is 11.6. The Hall–Kier alpha value is -2.52. The van der Waals surface area contributed by atoms with Gasteiger partial charge < -0.3 is 19.2 Å². The van der Waals surface area contributed by atoms with Crippen molar-refractivity contribution in [3.8, 4) is 6.07 Å². The maximum atomic E-state index is 12.4. The number of aromatic nitrogens is 1. The summed E-state index contributed by atoms with van der Waals surface area (Å²) in [6, 6.07) is 5.95. The molecule has 0 atom stereocenters. The van der Waals surface area contributed by atoms with Gasteiger partial charge in [-0.2, -0.15) is 5.26 Å². The minimum absolute atomic E-state index is 0.0402. The Kier molecular flexibility index (Phi) is 4.72. The van der Waals surface area contributed by atoms with Crippen LogP contribution in [0.4, 0.5) is 5.82 Å². The minimum atomic E-state index is -0.0402. The lowest BCUT2D eigenvalue weighted by Crippen LogP contribution is -3.11. The number of amides is 1. The Morgan fingerprint density at radius 2 is 2.17 bits per heavy atom. The molecular formula is C18H23N4O2+. The Labute approximate surface area is 141 Å². The molecule has 1 aliphatic heterocycles. The summed E-state index contributed by atoms with van der Waals surface area (Å²) in [6.07, 6.45) is 3.99. The largest absolute Gasteiger partial charge is 0.467 e. The zero-order valence-corrected chi connectivity index (χ0v) is 14.2. The van der Waals surface area contributed by atoms with Crippen LogP contribution in [-0.2, 0) is 11.3 Å². The summed E-state index contributed by atoms with van der Waals surface area (Å²) in [5.41, 5.74) is 2.39. The van der Waals surface area contributed by atoms with Gasteiger partial charge in [0.25, 0.3) is 5.91 Å². The second kappa shape index (κ2) is 6.93. The molecule has 2 aromatic rings. The van der Waals surface area contributed by atoms with Crippen molar-refractivity contribution in [2.24, 2.45) is 0 Å². The summed E-state index contributed by atoms with van der Waals surface area (Å²) in [5, 5.41) is 12.5. The number of carbonyl (C=O) groups is 1. The third-order valence-corrected chi connectivity index (χ3v) is 4.81. The summed E-state index contributed by atoms with van der Waals surface area (Å²) in [6.45, 7) is 6.91. The second-order valence-corrected chi connectivity index (χ2v) is 6.39. The van der Waals surface area contributed by atoms with E-state index in [2.05, 4.69) is 11.4 Å². The fourth-order valence-electron chi connectivity index (χ4n) is 3.34. The van der Waals surface area contributed by atoms with Gasteiger partial charge in [-0.05, 0) is 31.5 Å². The van der Waals surface area contributed by atoms with Crippen molar-refractivity contribution in [2.45, 2.75) is 33.2 Å². The highest BCUT2D eigenvalue weighted by atomic mass is 16.3. The topological polar surface area (TPSA) is 75.4 Å². The molecule has 0 unspecified atom stereocenters. The first-order valence-electron chi connectivity index (χ1n) is 8.35. The quantitative estimate of drug-likeness (QED) is 0.867.